The molecule has 1 unspecified atom stereocenters. The van der Waals surface area contributed by atoms with Crippen LogP contribution in [-0.4, -0.2) is 33.0 Å². The first-order chi connectivity index (χ1) is 11.8. The van der Waals surface area contributed by atoms with E-state index in [9.17, 15) is 24.8 Å². The minimum atomic E-state index is -0.970. The van der Waals surface area contributed by atoms with Gasteiger partial charge in [0.2, 0.25) is 0 Å². The molecular formula is C16H18N4O5. The van der Waals surface area contributed by atoms with Gasteiger partial charge in [-0.1, -0.05) is 6.07 Å². The predicted octanol–water partition coefficient (Wildman–Crippen LogP) is 1.03. The van der Waals surface area contributed by atoms with Crippen LogP contribution in [0, 0.1) is 17.0 Å². The zero-order valence-electron chi connectivity index (χ0n) is 13.7. The molecule has 0 radical (unpaired) electrons. The van der Waals surface area contributed by atoms with Crippen LogP contribution >= 0.6 is 0 Å². The number of aryl methyl sites for hydroxylation is 2. The fourth-order valence-electron chi connectivity index (χ4n) is 2.23. The molecule has 9 heteroatoms. The third kappa shape index (κ3) is 4.42. The molecule has 0 aliphatic heterocycles. The Morgan fingerprint density at radius 1 is 1.32 bits per heavy atom. The van der Waals surface area contributed by atoms with Crippen molar-refractivity contribution in [1.29, 1.82) is 0 Å². The molecular weight excluding hydrogens is 328 g/mol. The molecule has 1 atom stereocenters. The number of carbonyl (C=O) groups is 2. The molecule has 0 aliphatic carbocycles. The molecule has 0 spiro atoms. The summed E-state index contributed by atoms with van der Waals surface area (Å²) >= 11 is 0. The number of hydrogen-bond acceptors (Lipinski definition) is 5. The molecule has 0 aliphatic rings. The molecule has 0 fully saturated rings. The molecule has 9 nitrogen and oxygen atoms in total. The van der Waals surface area contributed by atoms with Crippen LogP contribution in [-0.2, 0) is 16.6 Å². The van der Waals surface area contributed by atoms with Crippen molar-refractivity contribution in [2.24, 2.45) is 7.05 Å². The minimum Gasteiger partial charge on any atom is -0.385 e. The van der Waals surface area contributed by atoms with Gasteiger partial charge in [0.05, 0.1) is 10.6 Å². The number of anilines is 1. The van der Waals surface area contributed by atoms with E-state index in [1.54, 1.807) is 36.9 Å². The highest BCUT2D eigenvalue weighted by Gasteiger charge is 2.18. The lowest BCUT2D eigenvalue weighted by atomic mass is 10.2. The van der Waals surface area contributed by atoms with E-state index in [0.29, 0.717) is 11.3 Å². The van der Waals surface area contributed by atoms with Crippen LogP contribution in [0.2, 0.25) is 0 Å². The molecule has 0 saturated carbocycles. The summed E-state index contributed by atoms with van der Waals surface area (Å²) in [5, 5.41) is 25.5. The van der Waals surface area contributed by atoms with E-state index >= 15 is 0 Å². The lowest BCUT2D eigenvalue weighted by Crippen LogP contribution is -2.38. The number of non-ortho nitro benzene ring substituents is 1. The van der Waals surface area contributed by atoms with E-state index in [-0.39, 0.29) is 17.9 Å². The lowest BCUT2D eigenvalue weighted by molar-refractivity contribution is -0.384. The number of nitro benzene ring substituents is 1. The first kappa shape index (κ1) is 18.1. The average molecular weight is 346 g/mol. The van der Waals surface area contributed by atoms with Crippen LogP contribution in [0.4, 0.5) is 11.4 Å². The van der Waals surface area contributed by atoms with Gasteiger partial charge in [-0.25, -0.2) is 0 Å². The summed E-state index contributed by atoms with van der Waals surface area (Å²) in [5.74, 6) is -1.91. The number of benzene rings is 1. The molecule has 1 aromatic carbocycles. The maximum Gasteiger partial charge on any atom is 0.313 e. The van der Waals surface area contributed by atoms with Crippen molar-refractivity contribution in [1.82, 2.24) is 9.88 Å². The SMILES string of the molecule is Cc1ccc([N+](=O)[O-])cc1NC(=O)C(=O)NCC(O)c1cccn1C. The number of aliphatic hydroxyl groups is 1. The molecule has 2 aromatic rings. The summed E-state index contributed by atoms with van der Waals surface area (Å²) in [5.41, 5.74) is 1.16. The van der Waals surface area contributed by atoms with Gasteiger partial charge >= 0.3 is 11.8 Å². The highest BCUT2D eigenvalue weighted by atomic mass is 16.6. The Morgan fingerprint density at radius 2 is 2.04 bits per heavy atom. The van der Waals surface area contributed by atoms with E-state index in [1.165, 1.54) is 18.2 Å². The average Bonchev–Trinajstić information content (AvgIpc) is 3.00. The van der Waals surface area contributed by atoms with Gasteiger partial charge in [-0.05, 0) is 24.6 Å². The van der Waals surface area contributed by atoms with Gasteiger partial charge in [-0.3, -0.25) is 19.7 Å². The molecule has 0 bridgehead atoms. The van der Waals surface area contributed by atoms with E-state index in [0.717, 1.165) is 0 Å². The largest absolute Gasteiger partial charge is 0.385 e. The molecule has 3 N–H and O–H groups in total. The summed E-state index contributed by atoms with van der Waals surface area (Å²) in [6.07, 6.45) is 0.786. The first-order valence-corrected chi connectivity index (χ1v) is 7.43. The van der Waals surface area contributed by atoms with Crippen molar-refractivity contribution in [2.45, 2.75) is 13.0 Å². The summed E-state index contributed by atoms with van der Waals surface area (Å²) in [7, 11) is 1.75. The second-order valence-electron chi connectivity index (χ2n) is 5.48. The van der Waals surface area contributed by atoms with E-state index in [2.05, 4.69) is 10.6 Å². The third-order valence-electron chi connectivity index (χ3n) is 3.67. The number of rotatable bonds is 5. The van der Waals surface area contributed by atoms with Crippen LogP contribution in [0.1, 0.15) is 17.4 Å². The number of amides is 2. The highest BCUT2D eigenvalue weighted by Crippen LogP contribution is 2.21. The summed E-state index contributed by atoms with van der Waals surface area (Å²) < 4.78 is 1.70. The van der Waals surface area contributed by atoms with Gasteiger partial charge in [0, 0.05) is 37.6 Å². The third-order valence-corrected chi connectivity index (χ3v) is 3.67. The molecule has 2 amide bonds. The van der Waals surface area contributed by atoms with Crippen LogP contribution < -0.4 is 10.6 Å². The zero-order valence-corrected chi connectivity index (χ0v) is 13.7. The lowest BCUT2D eigenvalue weighted by Gasteiger charge is -2.13. The second kappa shape index (κ2) is 7.58. The fourth-order valence-corrected chi connectivity index (χ4v) is 2.23. The number of aromatic nitrogens is 1. The molecule has 25 heavy (non-hydrogen) atoms. The molecule has 0 saturated heterocycles. The zero-order chi connectivity index (χ0) is 18.6. The van der Waals surface area contributed by atoms with Crippen LogP contribution in [0.25, 0.3) is 0 Å². The van der Waals surface area contributed by atoms with Gasteiger partial charge < -0.3 is 20.3 Å². The van der Waals surface area contributed by atoms with Gasteiger partial charge in [0.25, 0.3) is 5.69 Å². The van der Waals surface area contributed by atoms with Gasteiger partial charge in [-0.15, -0.1) is 0 Å². The normalized spacial score (nSPS) is 11.6. The van der Waals surface area contributed by atoms with E-state index in [4.69, 9.17) is 0 Å². The first-order valence-electron chi connectivity index (χ1n) is 7.43. The van der Waals surface area contributed by atoms with Crippen molar-refractivity contribution in [3.8, 4) is 0 Å². The summed E-state index contributed by atoms with van der Waals surface area (Å²) in [6.45, 7) is 1.51. The minimum absolute atomic E-state index is 0.141. The fraction of sp³-hybridized carbons (Fsp3) is 0.250. The van der Waals surface area contributed by atoms with Crippen molar-refractivity contribution in [3.05, 3.63) is 57.9 Å². The van der Waals surface area contributed by atoms with Crippen molar-refractivity contribution in [2.75, 3.05) is 11.9 Å². The Bertz CT molecular complexity index is 815. The van der Waals surface area contributed by atoms with Crippen molar-refractivity contribution in [3.63, 3.8) is 0 Å². The number of nitro groups is 1. The standard InChI is InChI=1S/C16H18N4O5/c1-10-5-6-11(20(24)25)8-12(10)18-16(23)15(22)17-9-14(21)13-4-3-7-19(13)2/h3-8,14,21H,9H2,1-2H3,(H,17,22)(H,18,23). The molecule has 1 aromatic heterocycles. The van der Waals surface area contributed by atoms with Gasteiger partial charge in [0.15, 0.2) is 0 Å². The summed E-state index contributed by atoms with van der Waals surface area (Å²) in [4.78, 5) is 34.0. The van der Waals surface area contributed by atoms with Crippen LogP contribution in [0.3, 0.4) is 0 Å². The molecule has 1 heterocycles. The Labute approximate surface area is 143 Å². The Kier molecular flexibility index (Phi) is 5.50. The van der Waals surface area contributed by atoms with E-state index in [1.807, 2.05) is 0 Å². The quantitative estimate of drug-likeness (QED) is 0.423. The Balaban J connectivity index is 1.97. The summed E-state index contributed by atoms with van der Waals surface area (Å²) in [6, 6.07) is 7.41. The van der Waals surface area contributed by atoms with Crippen molar-refractivity contribution >= 4 is 23.2 Å². The second-order valence-corrected chi connectivity index (χ2v) is 5.48. The number of nitrogens with one attached hydrogen (secondary N) is 2. The maximum absolute atomic E-state index is 11.9. The maximum atomic E-state index is 11.9. The Hall–Kier alpha value is -3.20. The van der Waals surface area contributed by atoms with Crippen LogP contribution in [0.15, 0.2) is 36.5 Å². The molecule has 2 rings (SSSR count). The Morgan fingerprint density at radius 3 is 2.64 bits per heavy atom. The number of carbonyl (C=O) groups excluding carboxylic acids is 2. The highest BCUT2D eigenvalue weighted by molar-refractivity contribution is 6.39. The predicted molar refractivity (Wildman–Crippen MR) is 89.8 cm³/mol. The van der Waals surface area contributed by atoms with Gasteiger partial charge in [-0.2, -0.15) is 0 Å². The van der Waals surface area contributed by atoms with Gasteiger partial charge in [0.1, 0.15) is 6.10 Å². The van der Waals surface area contributed by atoms with Crippen molar-refractivity contribution < 1.29 is 19.6 Å². The smallest absolute Gasteiger partial charge is 0.313 e. The topological polar surface area (TPSA) is 126 Å². The van der Waals surface area contributed by atoms with E-state index < -0.39 is 22.8 Å². The van der Waals surface area contributed by atoms with Crippen LogP contribution in [0.5, 0.6) is 0 Å². The number of aliphatic hydroxyl groups excluding tert-OH is 1. The monoisotopic (exact) mass is 346 g/mol. The number of hydrogen-bond donors (Lipinski definition) is 3. The number of nitrogens with zero attached hydrogens (tertiary/aromatic N) is 2. The molecule has 132 valence electrons.